The number of pyridine rings is 1. The van der Waals surface area contributed by atoms with Crippen LogP contribution < -0.4 is 0 Å². The fraction of sp³-hybridized carbons (Fsp3) is 0.200. The van der Waals surface area contributed by atoms with Gasteiger partial charge in [-0.25, -0.2) is 0 Å². The van der Waals surface area contributed by atoms with Crippen molar-refractivity contribution in [2.75, 3.05) is 0 Å². The molecule has 0 amide bonds. The molecular weight excluding hydrogens is 378 g/mol. The van der Waals surface area contributed by atoms with Crippen molar-refractivity contribution in [1.29, 1.82) is 0 Å². The first kappa shape index (κ1) is 16.0. The van der Waals surface area contributed by atoms with Crippen LogP contribution in [-0.2, 0) is 31.3 Å². The third kappa shape index (κ3) is 4.82. The van der Waals surface area contributed by atoms with E-state index in [9.17, 15) is 0 Å². The van der Waals surface area contributed by atoms with Crippen molar-refractivity contribution in [1.82, 2.24) is 19.3 Å². The van der Waals surface area contributed by atoms with Gasteiger partial charge < -0.3 is 4.57 Å². The summed E-state index contributed by atoms with van der Waals surface area (Å²) < 4.78 is 3.88. The molecule has 3 heterocycles. The molecule has 3 aromatic rings. The van der Waals surface area contributed by atoms with Crippen molar-refractivity contribution < 1.29 is 18.2 Å². The van der Waals surface area contributed by atoms with E-state index in [-0.39, 0.29) is 0 Å². The standard InChI is InChI=1S/C15H15N4.ClH.Pd/c1-13-9-14(11-18-6-2-3-7-18)17-15(10-13)12-19-8-4-5-16-19;;/h2-6,8-10H,11-12H2,1H3;1H;/q-1;;+2/p-1. The normalized spacial score (nSPS) is 10.1. The molecule has 0 saturated carbocycles. The first-order valence-electron chi connectivity index (χ1n) is 6.38. The summed E-state index contributed by atoms with van der Waals surface area (Å²) in [6.07, 6.45) is 8.86. The summed E-state index contributed by atoms with van der Waals surface area (Å²) in [6, 6.07) is 10.0. The zero-order valence-corrected chi connectivity index (χ0v) is 13.8. The first-order valence-corrected chi connectivity index (χ1v) is 8.38. The molecule has 3 rings (SSSR count). The van der Waals surface area contributed by atoms with Gasteiger partial charge in [0.2, 0.25) is 0 Å². The van der Waals surface area contributed by atoms with E-state index in [1.807, 2.05) is 39.8 Å². The van der Waals surface area contributed by atoms with Gasteiger partial charge in [-0.15, -0.1) is 12.4 Å². The van der Waals surface area contributed by atoms with E-state index in [2.05, 4.69) is 63.0 Å². The molecule has 0 aliphatic rings. The molecule has 21 heavy (non-hydrogen) atoms. The van der Waals surface area contributed by atoms with Crippen molar-refractivity contribution in [2.45, 2.75) is 20.0 Å². The van der Waals surface area contributed by atoms with E-state index in [1.54, 1.807) is 6.20 Å². The van der Waals surface area contributed by atoms with Gasteiger partial charge in [-0.2, -0.15) is 17.2 Å². The van der Waals surface area contributed by atoms with E-state index in [4.69, 9.17) is 0 Å². The van der Waals surface area contributed by atoms with Crippen LogP contribution in [0.5, 0.6) is 0 Å². The number of aromatic nitrogens is 4. The molecule has 4 nitrogen and oxygen atoms in total. The average Bonchev–Trinajstić information content (AvgIpc) is 3.14. The van der Waals surface area contributed by atoms with Crippen LogP contribution >= 0.6 is 9.53 Å². The van der Waals surface area contributed by atoms with Crippen molar-refractivity contribution in [3.05, 3.63) is 72.1 Å². The molecule has 112 valence electrons. The minimum absolute atomic E-state index is 0.705. The topological polar surface area (TPSA) is 35.6 Å². The van der Waals surface area contributed by atoms with Crippen LogP contribution in [0.15, 0.2) is 48.9 Å². The molecule has 0 N–H and O–H groups in total. The maximum absolute atomic E-state index is 4.68. The molecular formula is C15H15ClN4Pd. The van der Waals surface area contributed by atoms with Gasteiger partial charge in [0, 0.05) is 18.9 Å². The van der Waals surface area contributed by atoms with Crippen LogP contribution in [0.1, 0.15) is 17.0 Å². The van der Waals surface area contributed by atoms with Gasteiger partial charge in [-0.3, -0.25) is 9.67 Å². The quantitative estimate of drug-likeness (QED) is 0.505. The van der Waals surface area contributed by atoms with Gasteiger partial charge in [0.25, 0.3) is 0 Å². The Morgan fingerprint density at radius 2 is 1.90 bits per heavy atom. The third-order valence-corrected chi connectivity index (χ3v) is 2.89. The number of rotatable bonds is 4. The Kier molecular flexibility index (Phi) is 6.19. The summed E-state index contributed by atoms with van der Waals surface area (Å²) in [6.45, 7) is 3.55. The van der Waals surface area contributed by atoms with Crippen LogP contribution in [0.4, 0.5) is 0 Å². The van der Waals surface area contributed by atoms with Crippen LogP contribution in [0.3, 0.4) is 0 Å². The molecule has 0 saturated heterocycles. The fourth-order valence-corrected chi connectivity index (χ4v) is 2.14. The Hall–Kier alpha value is -1.41. The number of aryl methyl sites for hydroxylation is 1. The average molecular weight is 393 g/mol. The number of halogens is 1. The van der Waals surface area contributed by atoms with E-state index in [0.717, 1.165) is 17.9 Å². The van der Waals surface area contributed by atoms with Crippen LogP contribution in [0.2, 0.25) is 0 Å². The predicted octanol–water partition coefficient (Wildman–Crippen LogP) is 2.97. The molecule has 3 aromatic heterocycles. The number of nitrogens with zero attached hydrogens (tertiary/aromatic N) is 4. The Morgan fingerprint density at radius 3 is 2.52 bits per heavy atom. The van der Waals surface area contributed by atoms with Gasteiger partial charge >= 0.3 is 27.7 Å². The van der Waals surface area contributed by atoms with Gasteiger partial charge in [-0.05, 0) is 30.7 Å². The van der Waals surface area contributed by atoms with E-state index < -0.39 is 0 Å². The van der Waals surface area contributed by atoms with Gasteiger partial charge in [0.1, 0.15) is 0 Å². The summed E-state index contributed by atoms with van der Waals surface area (Å²) in [5.74, 6) is 0. The van der Waals surface area contributed by atoms with Gasteiger partial charge in [-0.1, -0.05) is 0 Å². The SMILES string of the molecule is Cc1cc(Cn2[c-]ccc2)nc(Cn2cccn2)c1.[Cl][Pd+]. The second-order valence-electron chi connectivity index (χ2n) is 4.60. The van der Waals surface area contributed by atoms with Crippen molar-refractivity contribution in [3.8, 4) is 0 Å². The third-order valence-electron chi connectivity index (χ3n) is 2.89. The molecule has 0 atom stereocenters. The molecule has 6 heteroatoms. The first-order chi connectivity index (χ1) is 10.3. The molecule has 0 aliphatic heterocycles. The molecule has 0 fully saturated rings. The van der Waals surface area contributed by atoms with Gasteiger partial charge in [0.05, 0.1) is 17.9 Å². The van der Waals surface area contributed by atoms with E-state index >= 15 is 0 Å². The monoisotopic (exact) mass is 392 g/mol. The maximum atomic E-state index is 4.68. The molecule has 0 radical (unpaired) electrons. The second-order valence-corrected chi connectivity index (χ2v) is 4.60. The Balaban J connectivity index is 0.000000774. The zero-order valence-electron chi connectivity index (χ0n) is 11.5. The predicted molar refractivity (Wildman–Crippen MR) is 78.5 cm³/mol. The number of hydrogen-bond acceptors (Lipinski definition) is 2. The molecule has 0 bridgehead atoms. The molecule has 0 aliphatic carbocycles. The van der Waals surface area contributed by atoms with Crippen LogP contribution in [0, 0.1) is 13.1 Å². The van der Waals surface area contributed by atoms with E-state index in [0.29, 0.717) is 6.54 Å². The van der Waals surface area contributed by atoms with Crippen molar-refractivity contribution in [3.63, 3.8) is 0 Å². The number of hydrogen-bond donors (Lipinski definition) is 0. The summed E-state index contributed by atoms with van der Waals surface area (Å²) in [4.78, 5) is 4.68. The van der Waals surface area contributed by atoms with Crippen molar-refractivity contribution >= 4 is 9.53 Å². The second kappa shape index (κ2) is 8.14. The molecule has 0 unspecified atom stereocenters. The van der Waals surface area contributed by atoms with Crippen LogP contribution in [-0.4, -0.2) is 19.3 Å². The van der Waals surface area contributed by atoms with Crippen LogP contribution in [0.25, 0.3) is 0 Å². The Morgan fingerprint density at radius 1 is 1.14 bits per heavy atom. The minimum atomic E-state index is 0.705. The Labute approximate surface area is 139 Å². The summed E-state index contributed by atoms with van der Waals surface area (Å²) in [5, 5.41) is 4.21. The molecule has 0 spiro atoms. The van der Waals surface area contributed by atoms with E-state index in [1.165, 1.54) is 5.56 Å². The van der Waals surface area contributed by atoms with Crippen molar-refractivity contribution in [2.24, 2.45) is 0 Å². The fourth-order valence-electron chi connectivity index (χ4n) is 2.14. The Bertz CT molecular complexity index is 596. The summed E-state index contributed by atoms with van der Waals surface area (Å²) >= 11 is 2.22. The zero-order chi connectivity index (χ0) is 15.1. The molecule has 0 aromatic carbocycles. The summed E-state index contributed by atoms with van der Waals surface area (Å²) in [7, 11) is 4.49. The summed E-state index contributed by atoms with van der Waals surface area (Å²) in [5.41, 5.74) is 3.31. The van der Waals surface area contributed by atoms with Gasteiger partial charge in [0.15, 0.2) is 0 Å².